The standard InChI is InChI=1S/C11H24N2/c1-4-10(2)6-8-13(3)11-5-7-12-9-11/h10-12H,4-9H2,1-3H3. The zero-order valence-electron chi connectivity index (χ0n) is 9.34. The Labute approximate surface area is 82.7 Å². The van der Waals surface area contributed by atoms with Crippen molar-refractivity contribution in [3.8, 4) is 0 Å². The van der Waals surface area contributed by atoms with E-state index in [1.807, 2.05) is 0 Å². The zero-order chi connectivity index (χ0) is 9.68. The van der Waals surface area contributed by atoms with Gasteiger partial charge in [-0.1, -0.05) is 20.3 Å². The largest absolute Gasteiger partial charge is 0.315 e. The SMILES string of the molecule is CCC(C)CCN(C)C1CCNC1. The maximum Gasteiger partial charge on any atom is 0.0229 e. The quantitative estimate of drug-likeness (QED) is 0.700. The average Bonchev–Trinajstić information content (AvgIpc) is 2.66. The first-order valence-electron chi connectivity index (χ1n) is 5.65. The molecule has 0 spiro atoms. The molecule has 0 saturated carbocycles. The molecule has 0 bridgehead atoms. The Morgan fingerprint density at radius 3 is 2.85 bits per heavy atom. The van der Waals surface area contributed by atoms with Crippen LogP contribution in [0.25, 0.3) is 0 Å². The molecular formula is C11H24N2. The Kier molecular flexibility index (Phi) is 4.74. The van der Waals surface area contributed by atoms with Gasteiger partial charge in [-0.05, 0) is 38.9 Å². The molecule has 1 heterocycles. The Morgan fingerprint density at radius 2 is 2.31 bits per heavy atom. The predicted molar refractivity (Wildman–Crippen MR) is 58.0 cm³/mol. The van der Waals surface area contributed by atoms with E-state index in [4.69, 9.17) is 0 Å². The van der Waals surface area contributed by atoms with Crippen molar-refractivity contribution in [3.05, 3.63) is 0 Å². The molecule has 1 saturated heterocycles. The van der Waals surface area contributed by atoms with Gasteiger partial charge in [0.2, 0.25) is 0 Å². The van der Waals surface area contributed by atoms with Gasteiger partial charge in [-0.15, -0.1) is 0 Å². The Hall–Kier alpha value is -0.0800. The van der Waals surface area contributed by atoms with Gasteiger partial charge in [0.25, 0.3) is 0 Å². The minimum absolute atomic E-state index is 0.795. The van der Waals surface area contributed by atoms with Crippen LogP contribution in [-0.2, 0) is 0 Å². The van der Waals surface area contributed by atoms with Gasteiger partial charge in [0, 0.05) is 12.6 Å². The van der Waals surface area contributed by atoms with E-state index in [0.717, 1.165) is 12.0 Å². The van der Waals surface area contributed by atoms with Gasteiger partial charge in [-0.3, -0.25) is 0 Å². The first-order valence-corrected chi connectivity index (χ1v) is 5.65. The number of hydrogen-bond acceptors (Lipinski definition) is 2. The molecule has 0 aliphatic carbocycles. The molecule has 1 aliphatic rings. The summed E-state index contributed by atoms with van der Waals surface area (Å²) in [5, 5.41) is 3.41. The lowest BCUT2D eigenvalue weighted by Crippen LogP contribution is -2.34. The van der Waals surface area contributed by atoms with E-state index < -0.39 is 0 Å². The highest BCUT2D eigenvalue weighted by molar-refractivity contribution is 4.78. The van der Waals surface area contributed by atoms with Crippen LogP contribution in [0.2, 0.25) is 0 Å². The lowest BCUT2D eigenvalue weighted by Gasteiger charge is -2.24. The highest BCUT2D eigenvalue weighted by atomic mass is 15.2. The Bertz CT molecular complexity index is 130. The van der Waals surface area contributed by atoms with E-state index in [1.165, 1.54) is 38.9 Å². The molecule has 2 nitrogen and oxygen atoms in total. The lowest BCUT2D eigenvalue weighted by molar-refractivity contribution is 0.239. The molecule has 1 rings (SSSR count). The number of nitrogens with one attached hydrogen (secondary N) is 1. The summed E-state index contributed by atoms with van der Waals surface area (Å²) in [5.74, 6) is 0.886. The molecule has 78 valence electrons. The van der Waals surface area contributed by atoms with E-state index in [9.17, 15) is 0 Å². The second-order valence-corrected chi connectivity index (χ2v) is 4.43. The van der Waals surface area contributed by atoms with Gasteiger partial charge in [-0.25, -0.2) is 0 Å². The molecule has 0 aromatic rings. The van der Waals surface area contributed by atoms with Crippen LogP contribution < -0.4 is 5.32 Å². The minimum atomic E-state index is 0.795. The van der Waals surface area contributed by atoms with E-state index in [0.29, 0.717) is 0 Å². The summed E-state index contributed by atoms with van der Waals surface area (Å²) in [4.78, 5) is 2.52. The Balaban J connectivity index is 2.12. The molecule has 0 amide bonds. The van der Waals surface area contributed by atoms with Crippen LogP contribution >= 0.6 is 0 Å². The van der Waals surface area contributed by atoms with Crippen molar-refractivity contribution in [2.75, 3.05) is 26.7 Å². The third kappa shape index (κ3) is 3.65. The van der Waals surface area contributed by atoms with Crippen molar-refractivity contribution in [1.29, 1.82) is 0 Å². The van der Waals surface area contributed by atoms with E-state index in [1.54, 1.807) is 0 Å². The smallest absolute Gasteiger partial charge is 0.0229 e. The summed E-state index contributed by atoms with van der Waals surface area (Å²) in [7, 11) is 2.26. The van der Waals surface area contributed by atoms with E-state index in [2.05, 4.69) is 31.1 Å². The molecule has 1 N–H and O–H groups in total. The van der Waals surface area contributed by atoms with Crippen molar-refractivity contribution in [2.45, 2.75) is 39.2 Å². The summed E-state index contributed by atoms with van der Waals surface area (Å²) in [6.07, 6.45) is 4.00. The van der Waals surface area contributed by atoms with Crippen LogP contribution in [0, 0.1) is 5.92 Å². The summed E-state index contributed by atoms with van der Waals surface area (Å²) < 4.78 is 0. The first kappa shape index (κ1) is 11.0. The summed E-state index contributed by atoms with van der Waals surface area (Å²) in [5.41, 5.74) is 0. The van der Waals surface area contributed by atoms with Gasteiger partial charge >= 0.3 is 0 Å². The maximum atomic E-state index is 3.41. The number of likely N-dealkylation sites (N-methyl/N-ethyl adjacent to an activating group) is 1. The fraction of sp³-hybridized carbons (Fsp3) is 1.00. The molecule has 2 atom stereocenters. The third-order valence-corrected chi connectivity index (χ3v) is 3.33. The van der Waals surface area contributed by atoms with Crippen molar-refractivity contribution < 1.29 is 0 Å². The molecule has 1 fully saturated rings. The van der Waals surface area contributed by atoms with Gasteiger partial charge in [0.05, 0.1) is 0 Å². The fourth-order valence-corrected chi connectivity index (χ4v) is 1.83. The normalized spacial score (nSPS) is 25.4. The summed E-state index contributed by atoms with van der Waals surface area (Å²) in [6, 6.07) is 0.795. The van der Waals surface area contributed by atoms with Crippen LogP contribution in [0.1, 0.15) is 33.1 Å². The molecule has 1 aliphatic heterocycles. The van der Waals surface area contributed by atoms with Crippen LogP contribution in [-0.4, -0.2) is 37.6 Å². The maximum absolute atomic E-state index is 3.41. The molecule has 13 heavy (non-hydrogen) atoms. The highest BCUT2D eigenvalue weighted by Gasteiger charge is 2.18. The van der Waals surface area contributed by atoms with E-state index in [-0.39, 0.29) is 0 Å². The lowest BCUT2D eigenvalue weighted by atomic mass is 10.0. The second kappa shape index (κ2) is 5.61. The topological polar surface area (TPSA) is 15.3 Å². The van der Waals surface area contributed by atoms with Gasteiger partial charge in [0.1, 0.15) is 0 Å². The van der Waals surface area contributed by atoms with Crippen LogP contribution in [0.15, 0.2) is 0 Å². The van der Waals surface area contributed by atoms with Crippen molar-refractivity contribution in [1.82, 2.24) is 10.2 Å². The van der Waals surface area contributed by atoms with Crippen molar-refractivity contribution >= 4 is 0 Å². The second-order valence-electron chi connectivity index (χ2n) is 4.43. The molecular weight excluding hydrogens is 160 g/mol. The third-order valence-electron chi connectivity index (χ3n) is 3.33. The average molecular weight is 184 g/mol. The number of rotatable bonds is 5. The molecule has 0 radical (unpaired) electrons. The van der Waals surface area contributed by atoms with Crippen LogP contribution in [0.5, 0.6) is 0 Å². The predicted octanol–water partition coefficient (Wildman–Crippen LogP) is 1.72. The van der Waals surface area contributed by atoms with E-state index >= 15 is 0 Å². The zero-order valence-corrected chi connectivity index (χ0v) is 9.34. The number of hydrogen-bond donors (Lipinski definition) is 1. The Morgan fingerprint density at radius 1 is 1.54 bits per heavy atom. The number of nitrogens with zero attached hydrogens (tertiary/aromatic N) is 1. The fourth-order valence-electron chi connectivity index (χ4n) is 1.83. The highest BCUT2D eigenvalue weighted by Crippen LogP contribution is 2.11. The van der Waals surface area contributed by atoms with Crippen LogP contribution in [0.3, 0.4) is 0 Å². The summed E-state index contributed by atoms with van der Waals surface area (Å²) >= 11 is 0. The van der Waals surface area contributed by atoms with Gasteiger partial charge < -0.3 is 10.2 Å². The monoisotopic (exact) mass is 184 g/mol. The molecule has 0 aromatic heterocycles. The molecule has 2 heteroatoms. The first-order chi connectivity index (χ1) is 6.24. The molecule has 0 aromatic carbocycles. The summed E-state index contributed by atoms with van der Waals surface area (Å²) in [6.45, 7) is 8.29. The van der Waals surface area contributed by atoms with Crippen molar-refractivity contribution in [2.24, 2.45) is 5.92 Å². The van der Waals surface area contributed by atoms with Crippen molar-refractivity contribution in [3.63, 3.8) is 0 Å². The minimum Gasteiger partial charge on any atom is -0.315 e. The van der Waals surface area contributed by atoms with Gasteiger partial charge in [-0.2, -0.15) is 0 Å². The van der Waals surface area contributed by atoms with Gasteiger partial charge in [0.15, 0.2) is 0 Å². The molecule has 2 unspecified atom stereocenters. The van der Waals surface area contributed by atoms with Crippen LogP contribution in [0.4, 0.5) is 0 Å².